The number of halogens is 3. The second kappa shape index (κ2) is 24.5. The van der Waals surface area contributed by atoms with Crippen molar-refractivity contribution in [3.05, 3.63) is 64.0 Å². The summed E-state index contributed by atoms with van der Waals surface area (Å²) in [7, 11) is -6.30. The van der Waals surface area contributed by atoms with Crippen LogP contribution >= 0.6 is 38.7 Å². The number of nitrogens with one attached hydrogen (secondary N) is 1. The highest BCUT2D eigenvalue weighted by atomic mass is 35.5. The molecule has 0 radical (unpaired) electrons. The number of nitrogen functional groups attached to an aromatic ring is 1. The first-order valence-corrected chi connectivity index (χ1v) is 27.7. The number of phosphoric ester groups is 1. The van der Waals surface area contributed by atoms with Crippen molar-refractivity contribution in [2.24, 2.45) is 5.73 Å². The second-order valence-corrected chi connectivity index (χ2v) is 22.3. The van der Waals surface area contributed by atoms with Gasteiger partial charge in [0.25, 0.3) is 0 Å². The number of carbonyl (C=O) groups excluding carboxylic acids is 3. The Morgan fingerprint density at radius 2 is 1.74 bits per heavy atom. The van der Waals surface area contributed by atoms with Crippen molar-refractivity contribution in [2.75, 3.05) is 64.1 Å². The van der Waals surface area contributed by atoms with E-state index < -0.39 is 148 Å². The predicted octanol–water partition coefficient (Wildman–Crippen LogP) is 0.161. The van der Waals surface area contributed by atoms with Crippen LogP contribution in [0.4, 0.5) is 10.2 Å². The minimum atomic E-state index is -4.78. The number of imidazole rings is 1. The zero-order valence-corrected chi connectivity index (χ0v) is 44.2. The molecular formula is C44H57Cl2FN8O20P2. The number of aromatic hydroxyl groups is 2. The molecule has 14 N–H and O–H groups in total. The molecule has 3 saturated heterocycles. The van der Waals surface area contributed by atoms with Crippen LogP contribution in [0.15, 0.2) is 24.5 Å². The van der Waals surface area contributed by atoms with Gasteiger partial charge in [0.1, 0.15) is 47.8 Å². The number of phenolic OH excluding ortho intramolecular Hbond substituents is 2. The molecular weight excluding hydrogens is 1110 g/mol. The van der Waals surface area contributed by atoms with E-state index in [0.29, 0.717) is 31.5 Å². The Bertz CT molecular complexity index is 2930. The van der Waals surface area contributed by atoms with Crippen LogP contribution in [0.3, 0.4) is 0 Å². The molecule has 0 saturated carbocycles. The fourth-order valence-electron chi connectivity index (χ4n) is 9.39. The van der Waals surface area contributed by atoms with Crippen molar-refractivity contribution >= 4 is 73.0 Å². The lowest BCUT2D eigenvalue weighted by atomic mass is 9.72. The number of ketones is 3. The van der Waals surface area contributed by atoms with Crippen molar-refractivity contribution in [3.63, 3.8) is 0 Å². The van der Waals surface area contributed by atoms with Gasteiger partial charge in [-0.1, -0.05) is 12.1 Å². The van der Waals surface area contributed by atoms with Gasteiger partial charge in [0.05, 0.1) is 61.7 Å². The van der Waals surface area contributed by atoms with Crippen LogP contribution in [0.5, 0.6) is 17.2 Å². The SMILES string of the molecule is COc1cccc2c1C(=O)c1c(O)c3c(c(O)c1C2=O)C[C@@](O)(C(=O)CO)C[C@@H]3O[C@H]1C[C@H](N)[C@H](O)[C@H](C)O1.Nc1nc(F)nc2c1ncn2[C@@H]1O[C@H](COP(=O)(O)O)[C@@H](O)[C@@H]1O.O=P1(N(CCCl)CCCl)NCCCO1. The second-order valence-electron chi connectivity index (χ2n) is 18.1. The lowest BCUT2D eigenvalue weighted by molar-refractivity contribution is -0.247. The molecule has 5 heterocycles. The van der Waals surface area contributed by atoms with Gasteiger partial charge in [-0.2, -0.15) is 14.4 Å². The van der Waals surface area contributed by atoms with E-state index in [1.54, 1.807) is 11.6 Å². The Morgan fingerprint density at radius 1 is 1.05 bits per heavy atom. The van der Waals surface area contributed by atoms with Gasteiger partial charge in [0.15, 0.2) is 41.1 Å². The summed E-state index contributed by atoms with van der Waals surface area (Å²) in [6.45, 7) is 2.20. The van der Waals surface area contributed by atoms with Gasteiger partial charge in [0, 0.05) is 73.4 Å². The van der Waals surface area contributed by atoms with Gasteiger partial charge in [-0.15, -0.1) is 23.2 Å². The summed E-state index contributed by atoms with van der Waals surface area (Å²) in [4.78, 5) is 67.8. The quantitative estimate of drug-likeness (QED) is 0.0305. The van der Waals surface area contributed by atoms with Crippen LogP contribution in [0.25, 0.3) is 11.2 Å². The number of anilines is 1. The number of nitrogens with two attached hydrogens (primary N) is 2. The van der Waals surface area contributed by atoms with Gasteiger partial charge in [0.2, 0.25) is 5.78 Å². The Hall–Kier alpha value is -4.43. The summed E-state index contributed by atoms with van der Waals surface area (Å²) in [5.74, 6) is -3.15. The molecule has 0 bridgehead atoms. The molecule has 11 atom stereocenters. The topological polar surface area (TPSA) is 434 Å². The van der Waals surface area contributed by atoms with Crippen molar-refractivity contribution in [2.45, 2.75) is 93.4 Å². The van der Waals surface area contributed by atoms with E-state index in [1.165, 1.54) is 25.3 Å². The van der Waals surface area contributed by atoms with Gasteiger partial charge < -0.3 is 80.5 Å². The number of phenols is 2. The van der Waals surface area contributed by atoms with Crippen LogP contribution in [0.2, 0.25) is 0 Å². The number of Topliss-reactive ketones (excluding diaryl/α,β-unsaturated/α-hetero) is 1. The van der Waals surface area contributed by atoms with E-state index in [0.717, 1.165) is 23.9 Å². The van der Waals surface area contributed by atoms with Gasteiger partial charge in [-0.3, -0.25) is 28.0 Å². The summed E-state index contributed by atoms with van der Waals surface area (Å²) >= 11 is 11.2. The zero-order valence-electron chi connectivity index (χ0n) is 40.9. The molecule has 3 fully saturated rings. The normalized spacial score (nSPS) is 28.9. The van der Waals surface area contributed by atoms with Crippen molar-refractivity contribution in [1.82, 2.24) is 29.3 Å². The first-order valence-electron chi connectivity index (χ1n) is 23.6. The lowest BCUT2D eigenvalue weighted by Gasteiger charge is -2.42. The van der Waals surface area contributed by atoms with Gasteiger partial charge >= 0.3 is 21.6 Å². The number of ether oxygens (including phenoxy) is 4. The number of carbonyl (C=O) groups is 3. The average molecular weight is 1170 g/mol. The molecule has 2 aromatic carbocycles. The van der Waals surface area contributed by atoms with Crippen molar-refractivity contribution in [1.29, 1.82) is 0 Å². The number of nitrogens with zero attached hydrogens (tertiary/aromatic N) is 5. The van der Waals surface area contributed by atoms with Crippen LogP contribution in [-0.4, -0.2) is 194 Å². The Morgan fingerprint density at radius 3 is 2.35 bits per heavy atom. The van der Waals surface area contributed by atoms with Crippen LogP contribution in [-0.2, 0) is 43.6 Å². The molecule has 33 heteroatoms. The van der Waals surface area contributed by atoms with Gasteiger partial charge in [-0.05, 0) is 19.4 Å². The molecule has 5 aliphatic rings. The summed E-state index contributed by atoms with van der Waals surface area (Å²) < 4.78 is 71.0. The molecule has 2 aliphatic carbocycles. The number of aliphatic hydroxyl groups excluding tert-OH is 4. The molecule has 4 aromatic rings. The highest BCUT2D eigenvalue weighted by Crippen LogP contribution is 2.53. The smallest absolute Gasteiger partial charge is 0.469 e. The third-order valence-electron chi connectivity index (χ3n) is 13.2. The highest BCUT2D eigenvalue weighted by Gasteiger charge is 2.51. The molecule has 2 aromatic heterocycles. The van der Waals surface area contributed by atoms with E-state index in [2.05, 4.69) is 24.6 Å². The maximum absolute atomic E-state index is 13.6. The lowest BCUT2D eigenvalue weighted by Crippen LogP contribution is -2.53. The van der Waals surface area contributed by atoms with Crippen molar-refractivity contribution < 1.29 is 101 Å². The number of phosphoric acid groups is 1. The molecule has 3 aliphatic heterocycles. The Labute approximate surface area is 446 Å². The number of methoxy groups -OCH3 is 1. The number of fused-ring (bicyclic) bond motifs is 4. The van der Waals surface area contributed by atoms with E-state index in [1.807, 2.05) is 0 Å². The molecule has 28 nitrogen and oxygen atoms in total. The summed E-state index contributed by atoms with van der Waals surface area (Å²) in [6.07, 6.45) is -9.70. The monoisotopic (exact) mass is 1170 g/mol. The maximum atomic E-state index is 13.6. The number of aliphatic hydroxyl groups is 5. The van der Waals surface area contributed by atoms with E-state index in [9.17, 15) is 63.6 Å². The number of alkyl halides is 2. The predicted molar refractivity (Wildman–Crippen MR) is 265 cm³/mol. The summed E-state index contributed by atoms with van der Waals surface area (Å²) in [5.41, 5.74) is 7.89. The Kier molecular flexibility index (Phi) is 19.2. The van der Waals surface area contributed by atoms with E-state index in [-0.39, 0.29) is 51.4 Å². The highest BCUT2D eigenvalue weighted by molar-refractivity contribution is 7.54. The average Bonchev–Trinajstić information content (AvgIpc) is 3.96. The van der Waals surface area contributed by atoms with Crippen LogP contribution in [0, 0.1) is 6.08 Å². The number of hydrogen-bond donors (Lipinski definition) is 12. The molecule has 424 valence electrons. The van der Waals surface area contributed by atoms with Gasteiger partial charge in [-0.25, -0.2) is 19.3 Å². The fraction of sp³-hybridized carbons (Fsp3) is 0.545. The standard InChI is InChI=1S/C27H29NO11.C10H13FN5O7P.C7H15Cl2N2O2P/c1-10-22(31)13(28)6-17(38-10)39-15-8-27(36,16(30)9-29)7-12-19(15)26(35)21-20(24(12)33)23(32)11-4-3-5-14(37-2)18(11)25(21)34;11-10-14-7(12)4-8(15-10)16(2-13-4)9-6(18)5(17)3(23-9)1-22-24(19,20)21;8-2-5-11(6-3-9)14(12)10-4-1-7-13-14/h3-5,10,13,15,17,22,29,31,33,35-36H,6-9,28H2,1-2H3;2-3,5-6,9,17-18H,1H2,(H2,12,14,15)(H2,19,20,21);1-7H2,(H,10,12)/t10-,13-,15-,17-,22+,27-;3-,5-,6+,9-;/m01./s1. The Balaban J connectivity index is 0.000000191. The van der Waals surface area contributed by atoms with E-state index >= 15 is 0 Å². The molecule has 0 spiro atoms. The molecule has 9 rings (SSSR count). The third kappa shape index (κ3) is 12.5. The largest absolute Gasteiger partial charge is 0.507 e. The third-order valence-corrected chi connectivity index (χ3v) is 16.3. The fourth-order valence-corrected chi connectivity index (χ4v) is 12.4. The number of hydrogen-bond acceptors (Lipinski definition) is 23. The zero-order chi connectivity index (χ0) is 56.5. The number of rotatable bonds is 14. The van der Waals surface area contributed by atoms with Crippen LogP contribution < -0.4 is 21.3 Å². The first kappa shape index (κ1) is 60.2. The molecule has 1 unspecified atom stereocenters. The minimum absolute atomic E-state index is 0.0173. The van der Waals surface area contributed by atoms with E-state index in [4.69, 9.17) is 67.9 Å². The number of benzene rings is 2. The summed E-state index contributed by atoms with van der Waals surface area (Å²) in [6, 6.07) is 3.64. The van der Waals surface area contributed by atoms with Crippen molar-refractivity contribution in [3.8, 4) is 17.2 Å². The molecule has 0 amide bonds. The number of aromatic nitrogens is 4. The van der Waals surface area contributed by atoms with Crippen LogP contribution in [0.1, 0.15) is 81.5 Å². The first-order chi connectivity index (χ1) is 36.3. The maximum Gasteiger partial charge on any atom is 0.469 e. The summed E-state index contributed by atoms with van der Waals surface area (Å²) in [5, 5.41) is 76.6. The molecule has 77 heavy (non-hydrogen) atoms. The minimum Gasteiger partial charge on any atom is -0.507 e.